The van der Waals surface area contributed by atoms with E-state index >= 15 is 0 Å². The predicted octanol–water partition coefficient (Wildman–Crippen LogP) is 4.33. The van der Waals surface area contributed by atoms with E-state index in [1.54, 1.807) is 0 Å². The first kappa shape index (κ1) is 31.6. The molecular weight excluding hydrogens is 446 g/mol. The lowest BCUT2D eigenvalue weighted by Gasteiger charge is -2.08. The molecule has 0 unspecified atom stereocenters. The molecule has 1 aromatic rings. The number of hydrogen-bond donors (Lipinski definition) is 1. The minimum absolute atomic E-state index is 0. The average molecular weight is 490 g/mol. The van der Waals surface area contributed by atoms with Gasteiger partial charge in [-0.1, -0.05) is 25.0 Å². The van der Waals surface area contributed by atoms with Crippen LogP contribution in [0.1, 0.15) is 56.9 Å². The molecule has 0 aliphatic rings. The van der Waals surface area contributed by atoms with Crippen molar-refractivity contribution in [3.63, 3.8) is 0 Å². The largest absolute Gasteiger partial charge is 0.494 e. The van der Waals surface area contributed by atoms with Gasteiger partial charge in [-0.05, 0) is 62.8 Å². The van der Waals surface area contributed by atoms with Gasteiger partial charge in [0.15, 0.2) is 0 Å². The molecule has 0 saturated heterocycles. The van der Waals surface area contributed by atoms with E-state index in [4.69, 9.17) is 24.7 Å². The van der Waals surface area contributed by atoms with Crippen molar-refractivity contribution in [1.29, 1.82) is 0 Å². The zero-order valence-corrected chi connectivity index (χ0v) is 21.1. The molecule has 0 aliphatic carbocycles. The van der Waals surface area contributed by atoms with Crippen molar-refractivity contribution in [2.24, 2.45) is 5.73 Å². The third-order valence-corrected chi connectivity index (χ3v) is 4.92. The first-order valence-electron chi connectivity index (χ1n) is 12.0. The fraction of sp³-hybridized carbons (Fsp3) is 0.720. The minimum atomic E-state index is -0.146. The van der Waals surface area contributed by atoms with Crippen molar-refractivity contribution in [3.05, 3.63) is 29.8 Å². The normalized spacial score (nSPS) is 10.6. The average Bonchev–Trinajstić information content (AvgIpc) is 2.81. The Labute approximate surface area is 206 Å². The highest BCUT2D eigenvalue weighted by molar-refractivity contribution is 5.85. The molecule has 1 rings (SSSR count). The molecule has 7 nitrogen and oxygen atoms in total. The Bertz CT molecular complexity index is 576. The van der Waals surface area contributed by atoms with Crippen LogP contribution in [0, 0.1) is 0 Å². The molecule has 0 aliphatic heterocycles. The molecule has 8 heteroatoms. The molecule has 0 amide bonds. The Balaban J connectivity index is 0.0000102. The van der Waals surface area contributed by atoms with Crippen LogP contribution in [0.25, 0.3) is 0 Å². The highest BCUT2D eigenvalue weighted by atomic mass is 35.5. The summed E-state index contributed by atoms with van der Waals surface area (Å²) >= 11 is 0. The second-order valence-corrected chi connectivity index (χ2v) is 7.67. The SMILES string of the molecule is COC(=O)CCCCCOCCOCCOCCCCCCOc1cccc(CCN)c1.Cl. The van der Waals surface area contributed by atoms with Crippen LogP contribution < -0.4 is 10.5 Å². The Morgan fingerprint density at radius 3 is 1.97 bits per heavy atom. The van der Waals surface area contributed by atoms with Crippen LogP contribution >= 0.6 is 12.4 Å². The number of nitrogens with two attached hydrogens (primary N) is 1. The smallest absolute Gasteiger partial charge is 0.305 e. The lowest BCUT2D eigenvalue weighted by molar-refractivity contribution is -0.140. The van der Waals surface area contributed by atoms with Gasteiger partial charge >= 0.3 is 5.97 Å². The zero-order chi connectivity index (χ0) is 23.1. The summed E-state index contributed by atoms with van der Waals surface area (Å²) in [5, 5.41) is 0. The second-order valence-electron chi connectivity index (χ2n) is 7.67. The summed E-state index contributed by atoms with van der Waals surface area (Å²) in [5.41, 5.74) is 6.82. The van der Waals surface area contributed by atoms with E-state index in [1.165, 1.54) is 12.7 Å². The number of halogens is 1. The predicted molar refractivity (Wildman–Crippen MR) is 133 cm³/mol. The van der Waals surface area contributed by atoms with Gasteiger partial charge in [0.1, 0.15) is 5.75 Å². The lowest BCUT2D eigenvalue weighted by atomic mass is 10.1. The summed E-state index contributed by atoms with van der Waals surface area (Å²) < 4.78 is 27.0. The maximum absolute atomic E-state index is 11.0. The molecule has 0 radical (unpaired) electrons. The van der Waals surface area contributed by atoms with Crippen LogP contribution in [0.4, 0.5) is 0 Å². The number of unbranched alkanes of at least 4 members (excludes halogenated alkanes) is 5. The van der Waals surface area contributed by atoms with Crippen LogP contribution in [0.15, 0.2) is 24.3 Å². The van der Waals surface area contributed by atoms with Gasteiger partial charge in [0.05, 0.1) is 40.1 Å². The summed E-state index contributed by atoms with van der Waals surface area (Å²) in [6, 6.07) is 8.17. The Kier molecular flexibility index (Phi) is 22.8. The molecule has 0 spiro atoms. The van der Waals surface area contributed by atoms with Crippen LogP contribution in [-0.2, 0) is 30.2 Å². The van der Waals surface area contributed by atoms with Crippen LogP contribution in [-0.4, -0.2) is 65.9 Å². The van der Waals surface area contributed by atoms with Gasteiger partial charge in [-0.2, -0.15) is 0 Å². The van der Waals surface area contributed by atoms with E-state index in [1.807, 2.05) is 12.1 Å². The van der Waals surface area contributed by atoms with Crippen LogP contribution in [0.5, 0.6) is 5.75 Å². The molecule has 0 bridgehead atoms. The van der Waals surface area contributed by atoms with E-state index in [-0.39, 0.29) is 18.4 Å². The number of rotatable bonds is 22. The molecule has 1 aromatic carbocycles. The summed E-state index contributed by atoms with van der Waals surface area (Å²) in [5.74, 6) is 0.785. The number of carbonyl (C=O) groups excluding carboxylic acids is 1. The fourth-order valence-corrected chi connectivity index (χ4v) is 3.10. The van der Waals surface area contributed by atoms with E-state index in [2.05, 4.69) is 16.9 Å². The van der Waals surface area contributed by atoms with E-state index in [9.17, 15) is 4.79 Å². The third kappa shape index (κ3) is 19.8. The van der Waals surface area contributed by atoms with Crippen molar-refractivity contribution in [2.45, 2.75) is 57.8 Å². The first-order chi connectivity index (χ1) is 15.8. The highest BCUT2D eigenvalue weighted by Crippen LogP contribution is 2.14. The van der Waals surface area contributed by atoms with E-state index in [0.29, 0.717) is 46.0 Å². The quantitative estimate of drug-likeness (QED) is 0.191. The number of ether oxygens (including phenoxy) is 5. The van der Waals surface area contributed by atoms with Gasteiger partial charge in [0, 0.05) is 19.6 Å². The third-order valence-electron chi connectivity index (χ3n) is 4.92. The maximum Gasteiger partial charge on any atom is 0.305 e. The summed E-state index contributed by atoms with van der Waals surface area (Å²) in [7, 11) is 1.42. The standard InChI is InChI=1S/C25H43NO6.ClH/c1-28-25(27)12-5-4-7-16-30-19-21-31-20-18-29-15-6-2-3-8-17-32-24-11-9-10-23(22-24)13-14-26;/h9-11,22H,2-8,12-21,26H2,1H3;1H. The van der Waals surface area contributed by atoms with Crippen molar-refractivity contribution < 1.29 is 28.5 Å². The van der Waals surface area contributed by atoms with Crippen molar-refractivity contribution >= 4 is 18.4 Å². The summed E-state index contributed by atoms with van der Waals surface area (Å²) in [6.45, 7) is 5.27. The monoisotopic (exact) mass is 489 g/mol. The Morgan fingerprint density at radius 2 is 1.36 bits per heavy atom. The zero-order valence-electron chi connectivity index (χ0n) is 20.3. The van der Waals surface area contributed by atoms with Crippen LogP contribution in [0.2, 0.25) is 0 Å². The Hall–Kier alpha value is -1.38. The Morgan fingerprint density at radius 1 is 0.788 bits per heavy atom. The fourth-order valence-electron chi connectivity index (χ4n) is 3.10. The molecular formula is C25H44ClNO6. The molecule has 0 heterocycles. The number of carbonyl (C=O) groups is 1. The maximum atomic E-state index is 11.0. The first-order valence-corrected chi connectivity index (χ1v) is 12.0. The van der Waals surface area contributed by atoms with Crippen molar-refractivity contribution in [2.75, 3.05) is 59.9 Å². The number of benzene rings is 1. The topological polar surface area (TPSA) is 89.2 Å². The van der Waals surface area contributed by atoms with Gasteiger partial charge < -0.3 is 29.4 Å². The van der Waals surface area contributed by atoms with Gasteiger partial charge in [0.2, 0.25) is 0 Å². The molecule has 2 N–H and O–H groups in total. The lowest BCUT2D eigenvalue weighted by Crippen LogP contribution is -2.10. The molecule has 0 aromatic heterocycles. The minimum Gasteiger partial charge on any atom is -0.494 e. The summed E-state index contributed by atoms with van der Waals surface area (Å²) in [4.78, 5) is 11.0. The van der Waals surface area contributed by atoms with E-state index in [0.717, 1.165) is 70.3 Å². The molecule has 33 heavy (non-hydrogen) atoms. The number of esters is 1. The van der Waals surface area contributed by atoms with Gasteiger partial charge in [0.25, 0.3) is 0 Å². The van der Waals surface area contributed by atoms with Gasteiger partial charge in [-0.25, -0.2) is 0 Å². The van der Waals surface area contributed by atoms with Crippen LogP contribution in [0.3, 0.4) is 0 Å². The summed E-state index contributed by atoms with van der Waals surface area (Å²) in [6.07, 6.45) is 8.54. The number of hydrogen-bond acceptors (Lipinski definition) is 7. The second kappa shape index (κ2) is 23.8. The van der Waals surface area contributed by atoms with Crippen molar-refractivity contribution in [3.8, 4) is 5.75 Å². The molecule has 0 fully saturated rings. The van der Waals surface area contributed by atoms with Crippen molar-refractivity contribution in [1.82, 2.24) is 0 Å². The van der Waals surface area contributed by atoms with E-state index < -0.39 is 0 Å². The molecule has 0 saturated carbocycles. The highest BCUT2D eigenvalue weighted by Gasteiger charge is 2.00. The molecule has 192 valence electrons. The van der Waals surface area contributed by atoms with Gasteiger partial charge in [-0.3, -0.25) is 4.79 Å². The van der Waals surface area contributed by atoms with Gasteiger partial charge in [-0.15, -0.1) is 12.4 Å². The molecule has 0 atom stereocenters. The number of methoxy groups -OCH3 is 1.